The number of anilines is 1. The number of carbonyl (C=O) groups excluding carboxylic acids is 1. The lowest BCUT2D eigenvalue weighted by Gasteiger charge is -2.11. The van der Waals surface area contributed by atoms with E-state index in [0.29, 0.717) is 18.0 Å². The molecule has 0 aliphatic carbocycles. The van der Waals surface area contributed by atoms with Crippen molar-refractivity contribution in [3.8, 4) is 0 Å². The van der Waals surface area contributed by atoms with Gasteiger partial charge in [0.2, 0.25) is 5.91 Å². The maximum absolute atomic E-state index is 12.0. The molecule has 0 aliphatic heterocycles. The lowest BCUT2D eigenvalue weighted by atomic mass is 10.1. The van der Waals surface area contributed by atoms with E-state index in [-0.39, 0.29) is 11.8 Å². The summed E-state index contributed by atoms with van der Waals surface area (Å²) in [6, 6.07) is 4.97. The summed E-state index contributed by atoms with van der Waals surface area (Å²) >= 11 is 0. The second-order valence-electron chi connectivity index (χ2n) is 5.63. The fraction of sp³-hybridized carbons (Fsp3) is 0.500. The van der Waals surface area contributed by atoms with Crippen molar-refractivity contribution >= 4 is 22.7 Å². The third kappa shape index (κ3) is 3.82. The van der Waals surface area contributed by atoms with Crippen LogP contribution in [0, 0.1) is 0 Å². The Labute approximate surface area is 124 Å². The number of oxazole rings is 1. The number of amides is 1. The highest BCUT2D eigenvalue weighted by Gasteiger charge is 2.14. The predicted molar refractivity (Wildman–Crippen MR) is 84.2 cm³/mol. The van der Waals surface area contributed by atoms with Crippen LogP contribution in [-0.4, -0.2) is 16.9 Å². The molecule has 114 valence electrons. The zero-order valence-corrected chi connectivity index (χ0v) is 12.8. The minimum atomic E-state index is -0.468. The topological polar surface area (TPSA) is 81.2 Å². The van der Waals surface area contributed by atoms with Gasteiger partial charge in [-0.2, -0.15) is 0 Å². The van der Waals surface area contributed by atoms with Crippen molar-refractivity contribution < 1.29 is 9.21 Å². The summed E-state index contributed by atoms with van der Waals surface area (Å²) in [4.78, 5) is 16.4. The predicted octanol–water partition coefficient (Wildman–Crippen LogP) is 3.41. The number of nitrogens with one attached hydrogen (secondary N) is 1. The number of benzene rings is 1. The summed E-state index contributed by atoms with van der Waals surface area (Å²) in [6.45, 7) is 6.13. The normalized spacial score (nSPS) is 12.8. The van der Waals surface area contributed by atoms with Gasteiger partial charge in [0, 0.05) is 11.6 Å². The zero-order valence-electron chi connectivity index (χ0n) is 12.8. The van der Waals surface area contributed by atoms with E-state index in [1.807, 2.05) is 32.0 Å². The van der Waals surface area contributed by atoms with E-state index < -0.39 is 6.04 Å². The Balaban J connectivity index is 2.10. The van der Waals surface area contributed by atoms with Crippen molar-refractivity contribution in [3.63, 3.8) is 0 Å². The third-order valence-electron chi connectivity index (χ3n) is 3.37. The number of unbranched alkanes of at least 4 members (excludes halogenated alkanes) is 1. The number of carbonyl (C=O) groups is 1. The second-order valence-corrected chi connectivity index (χ2v) is 5.63. The molecule has 1 heterocycles. The Morgan fingerprint density at radius 2 is 2.19 bits per heavy atom. The quantitative estimate of drug-likeness (QED) is 0.854. The van der Waals surface area contributed by atoms with Crippen LogP contribution in [0.2, 0.25) is 0 Å². The first-order valence-corrected chi connectivity index (χ1v) is 7.48. The van der Waals surface area contributed by atoms with Crippen LogP contribution < -0.4 is 11.1 Å². The lowest BCUT2D eigenvalue weighted by molar-refractivity contribution is -0.117. The zero-order chi connectivity index (χ0) is 15.4. The van der Waals surface area contributed by atoms with E-state index in [2.05, 4.69) is 17.2 Å². The van der Waals surface area contributed by atoms with Crippen LogP contribution in [0.5, 0.6) is 0 Å². The summed E-state index contributed by atoms with van der Waals surface area (Å²) in [6.07, 6.45) is 2.69. The van der Waals surface area contributed by atoms with E-state index in [9.17, 15) is 4.79 Å². The maximum Gasteiger partial charge on any atom is 0.241 e. The van der Waals surface area contributed by atoms with Gasteiger partial charge in [-0.05, 0) is 24.6 Å². The van der Waals surface area contributed by atoms with Gasteiger partial charge in [0.1, 0.15) is 5.52 Å². The van der Waals surface area contributed by atoms with Gasteiger partial charge in [0.05, 0.1) is 6.04 Å². The van der Waals surface area contributed by atoms with Crippen molar-refractivity contribution in [2.75, 3.05) is 5.32 Å². The molecule has 1 aromatic heterocycles. The molecule has 2 aromatic rings. The average Bonchev–Trinajstić information content (AvgIpc) is 2.88. The first kappa shape index (κ1) is 15.5. The minimum absolute atomic E-state index is 0.157. The highest BCUT2D eigenvalue weighted by atomic mass is 16.3. The number of rotatable bonds is 6. The summed E-state index contributed by atoms with van der Waals surface area (Å²) in [5, 5.41) is 2.84. The van der Waals surface area contributed by atoms with E-state index >= 15 is 0 Å². The molecule has 3 N–H and O–H groups in total. The van der Waals surface area contributed by atoms with Gasteiger partial charge in [-0.25, -0.2) is 4.98 Å². The molecular weight excluding hydrogens is 266 g/mol. The number of hydrogen-bond donors (Lipinski definition) is 2. The summed E-state index contributed by atoms with van der Waals surface area (Å²) in [5.41, 5.74) is 8.04. The van der Waals surface area contributed by atoms with Crippen molar-refractivity contribution in [2.24, 2.45) is 5.73 Å². The summed E-state index contributed by atoms with van der Waals surface area (Å²) in [7, 11) is 0. The molecule has 1 aromatic carbocycles. The van der Waals surface area contributed by atoms with Crippen molar-refractivity contribution in [1.29, 1.82) is 0 Å². The number of nitrogens with two attached hydrogens (primary N) is 1. The monoisotopic (exact) mass is 289 g/mol. The molecule has 0 saturated carbocycles. The number of nitrogens with zero attached hydrogens (tertiary/aromatic N) is 1. The maximum atomic E-state index is 12.0. The van der Waals surface area contributed by atoms with Crippen LogP contribution in [0.15, 0.2) is 22.6 Å². The highest BCUT2D eigenvalue weighted by Crippen LogP contribution is 2.23. The molecule has 2 rings (SSSR count). The molecule has 0 bridgehead atoms. The summed E-state index contributed by atoms with van der Waals surface area (Å²) in [5.74, 6) is 0.779. The smallest absolute Gasteiger partial charge is 0.241 e. The molecule has 0 radical (unpaired) electrons. The first-order chi connectivity index (χ1) is 10.0. The molecule has 0 aliphatic rings. The first-order valence-electron chi connectivity index (χ1n) is 7.48. The molecule has 0 unspecified atom stereocenters. The largest absolute Gasteiger partial charge is 0.440 e. The number of hydrogen-bond acceptors (Lipinski definition) is 4. The Morgan fingerprint density at radius 1 is 1.43 bits per heavy atom. The SMILES string of the molecule is CCCC[C@H](N)C(=O)Nc1ccc2oc(C(C)C)nc2c1. The van der Waals surface area contributed by atoms with Crippen LogP contribution in [-0.2, 0) is 4.79 Å². The van der Waals surface area contributed by atoms with Crippen LogP contribution >= 0.6 is 0 Å². The molecular formula is C16H23N3O2. The van der Waals surface area contributed by atoms with E-state index in [1.54, 1.807) is 0 Å². The molecule has 1 amide bonds. The van der Waals surface area contributed by atoms with Crippen LogP contribution in [0.4, 0.5) is 5.69 Å². The standard InChI is InChI=1S/C16H23N3O2/c1-4-5-6-12(17)15(20)18-11-7-8-14-13(9-11)19-16(21-14)10(2)3/h7-10,12H,4-6,17H2,1-3H3,(H,18,20)/t12-/m0/s1. The molecule has 0 saturated heterocycles. The second kappa shape index (κ2) is 6.72. The van der Waals surface area contributed by atoms with Gasteiger partial charge in [-0.1, -0.05) is 33.6 Å². The fourth-order valence-electron chi connectivity index (χ4n) is 2.06. The Kier molecular flexibility index (Phi) is 4.96. The van der Waals surface area contributed by atoms with Crippen molar-refractivity contribution in [2.45, 2.75) is 52.0 Å². The molecule has 1 atom stereocenters. The lowest BCUT2D eigenvalue weighted by Crippen LogP contribution is -2.35. The van der Waals surface area contributed by atoms with Crippen LogP contribution in [0.3, 0.4) is 0 Å². The Bertz CT molecular complexity index is 619. The van der Waals surface area contributed by atoms with E-state index in [4.69, 9.17) is 10.2 Å². The number of aromatic nitrogens is 1. The molecule has 0 spiro atoms. The highest BCUT2D eigenvalue weighted by molar-refractivity contribution is 5.96. The van der Waals surface area contributed by atoms with Gasteiger partial charge in [0.25, 0.3) is 0 Å². The van der Waals surface area contributed by atoms with Crippen molar-refractivity contribution in [3.05, 3.63) is 24.1 Å². The molecule has 21 heavy (non-hydrogen) atoms. The Morgan fingerprint density at radius 3 is 2.86 bits per heavy atom. The van der Waals surface area contributed by atoms with Crippen molar-refractivity contribution in [1.82, 2.24) is 4.98 Å². The van der Waals surface area contributed by atoms with Crippen LogP contribution in [0.1, 0.15) is 51.8 Å². The molecule has 0 fully saturated rings. The minimum Gasteiger partial charge on any atom is -0.440 e. The van der Waals surface area contributed by atoms with E-state index in [0.717, 1.165) is 23.9 Å². The number of fused-ring (bicyclic) bond motifs is 1. The summed E-state index contributed by atoms with van der Waals surface area (Å²) < 4.78 is 5.64. The van der Waals surface area contributed by atoms with Gasteiger partial charge in [-0.3, -0.25) is 4.79 Å². The molecule has 5 heteroatoms. The van der Waals surface area contributed by atoms with Gasteiger partial charge >= 0.3 is 0 Å². The van der Waals surface area contributed by atoms with E-state index in [1.165, 1.54) is 0 Å². The fourth-order valence-corrected chi connectivity index (χ4v) is 2.06. The average molecular weight is 289 g/mol. The Hall–Kier alpha value is -1.88. The van der Waals surface area contributed by atoms with Crippen LogP contribution in [0.25, 0.3) is 11.1 Å². The third-order valence-corrected chi connectivity index (χ3v) is 3.37. The van der Waals surface area contributed by atoms with Gasteiger partial charge in [0.15, 0.2) is 11.5 Å². The van der Waals surface area contributed by atoms with Gasteiger partial charge in [-0.15, -0.1) is 0 Å². The molecule has 5 nitrogen and oxygen atoms in total. The van der Waals surface area contributed by atoms with Gasteiger partial charge < -0.3 is 15.5 Å².